The quantitative estimate of drug-likeness (QED) is 0.0371. The van der Waals surface area contributed by atoms with Crippen LogP contribution in [0.4, 0.5) is 0 Å². The van der Waals surface area contributed by atoms with Crippen LogP contribution in [0.25, 0.3) is 10.9 Å². The van der Waals surface area contributed by atoms with E-state index < -0.39 is 71.8 Å². The molecule has 0 spiro atoms. The number of fused-ring (bicyclic) bond motifs is 1. The minimum Gasteiger partial charge on any atom is -0.480 e. The van der Waals surface area contributed by atoms with Crippen molar-refractivity contribution in [3.63, 3.8) is 0 Å². The highest BCUT2D eigenvalue weighted by atomic mass is 32.2. The molecule has 17 nitrogen and oxygen atoms in total. The fourth-order valence-corrected chi connectivity index (χ4v) is 7.61. The maximum atomic E-state index is 14.4. The Morgan fingerprint density at radius 2 is 1.55 bits per heavy atom. The van der Waals surface area contributed by atoms with Crippen molar-refractivity contribution in [2.45, 2.75) is 101 Å². The smallest absolute Gasteiger partial charge is 0.326 e. The maximum Gasteiger partial charge on any atom is 0.326 e. The zero-order valence-corrected chi connectivity index (χ0v) is 35.3. The summed E-state index contributed by atoms with van der Waals surface area (Å²) in [5, 5.41) is 21.8. The Morgan fingerprint density at radius 1 is 0.883 bits per heavy atom. The summed E-state index contributed by atoms with van der Waals surface area (Å²) < 4.78 is 0. The van der Waals surface area contributed by atoms with E-state index in [9.17, 15) is 33.9 Å². The molecule has 2 aromatic carbocycles. The molecule has 0 unspecified atom stereocenters. The third kappa shape index (κ3) is 13.5. The average molecular weight is 849 g/mol. The van der Waals surface area contributed by atoms with Crippen molar-refractivity contribution in [3.05, 3.63) is 71.9 Å². The number of hydrogen-bond acceptors (Lipinski definition) is 9. The SMILES string of the molecule is CC[C@H](C)[C@H](N)C(=O)N[C@@H](Cc1ccccc1)C(=O)N1CCC[C@H]1C(=O)N[C@@H](Cc1c[nH]c2ccccc12)C(=O)N[C@@H](CCSC)C(=O)N[C@@H](CCCN=C(N)N)C(=O)O. The lowest BCUT2D eigenvalue weighted by Crippen LogP contribution is -2.59. The second-order valence-electron chi connectivity index (χ2n) is 15.2. The van der Waals surface area contributed by atoms with Crippen LogP contribution in [0.5, 0.6) is 0 Å². The Morgan fingerprint density at radius 3 is 2.23 bits per heavy atom. The zero-order chi connectivity index (χ0) is 43.8. The fraction of sp³-hybridized carbons (Fsp3) is 0.500. The lowest BCUT2D eigenvalue weighted by molar-refractivity contribution is -0.143. The molecule has 12 N–H and O–H groups in total. The molecule has 2 heterocycles. The Kier molecular flexibility index (Phi) is 18.2. The predicted octanol–water partition coefficient (Wildman–Crippen LogP) is 1.15. The molecule has 1 fully saturated rings. The number of nitrogens with two attached hydrogens (primary N) is 3. The maximum absolute atomic E-state index is 14.4. The minimum atomic E-state index is -1.27. The van der Waals surface area contributed by atoms with E-state index in [1.165, 1.54) is 16.7 Å². The van der Waals surface area contributed by atoms with Crippen LogP contribution in [0.2, 0.25) is 0 Å². The molecular formula is C42H60N10O7S. The Bertz CT molecular complexity index is 1960. The second kappa shape index (κ2) is 23.2. The van der Waals surface area contributed by atoms with Gasteiger partial charge in [0.15, 0.2) is 5.96 Å². The summed E-state index contributed by atoms with van der Waals surface area (Å²) in [5.41, 5.74) is 19.4. The number of guanidine groups is 1. The first-order valence-electron chi connectivity index (χ1n) is 20.4. The Labute approximate surface area is 354 Å². The second-order valence-corrected chi connectivity index (χ2v) is 16.2. The van der Waals surface area contributed by atoms with Gasteiger partial charge in [0, 0.05) is 43.0 Å². The molecule has 3 aromatic rings. The van der Waals surface area contributed by atoms with E-state index in [0.29, 0.717) is 25.0 Å². The summed E-state index contributed by atoms with van der Waals surface area (Å²) in [5.74, 6) is -3.91. The van der Waals surface area contributed by atoms with Crippen LogP contribution in [0, 0.1) is 5.92 Å². The number of thioether (sulfide) groups is 1. The number of para-hydroxylation sites is 1. The topological polar surface area (TPSA) is 280 Å². The lowest BCUT2D eigenvalue weighted by Gasteiger charge is -2.31. The van der Waals surface area contributed by atoms with Gasteiger partial charge < -0.3 is 53.5 Å². The van der Waals surface area contributed by atoms with Crippen LogP contribution in [-0.2, 0) is 41.6 Å². The molecule has 1 aromatic heterocycles. The molecule has 326 valence electrons. The van der Waals surface area contributed by atoms with E-state index >= 15 is 0 Å². The van der Waals surface area contributed by atoms with Crippen LogP contribution in [0.3, 0.4) is 0 Å². The van der Waals surface area contributed by atoms with Gasteiger partial charge in [-0.05, 0) is 67.2 Å². The van der Waals surface area contributed by atoms with Crippen molar-refractivity contribution in [1.29, 1.82) is 0 Å². The number of carboxylic acid groups (broad SMARTS) is 1. The van der Waals surface area contributed by atoms with Crippen LogP contribution in [-0.4, -0.2) is 118 Å². The number of carboxylic acids is 1. The van der Waals surface area contributed by atoms with E-state index in [0.717, 1.165) is 22.0 Å². The molecule has 5 amide bonds. The van der Waals surface area contributed by atoms with Crippen molar-refractivity contribution in [2.75, 3.05) is 25.1 Å². The fourth-order valence-electron chi connectivity index (χ4n) is 7.14. The van der Waals surface area contributed by atoms with Gasteiger partial charge in [-0.25, -0.2) is 4.79 Å². The summed E-state index contributed by atoms with van der Waals surface area (Å²) in [6.45, 7) is 4.22. The molecule has 4 rings (SSSR count). The van der Waals surface area contributed by atoms with Crippen molar-refractivity contribution < 1.29 is 33.9 Å². The number of nitrogens with one attached hydrogen (secondary N) is 5. The summed E-state index contributed by atoms with van der Waals surface area (Å²) in [7, 11) is 0. The lowest BCUT2D eigenvalue weighted by atomic mass is 9.98. The first-order valence-corrected chi connectivity index (χ1v) is 21.8. The van der Waals surface area contributed by atoms with Crippen molar-refractivity contribution in [1.82, 2.24) is 31.2 Å². The summed E-state index contributed by atoms with van der Waals surface area (Å²) in [6.07, 6.45) is 5.78. The standard InChI is InChI=1S/C42H60N10O7S/c1-4-25(2)35(43)39(56)51-33(22-26-12-6-5-7-13-26)40(57)52-20-11-17-34(52)38(55)50-32(23-27-24-47-29-15-9-8-14-28(27)29)37(54)48-30(18-21-60-3)36(53)49-31(41(58)59)16-10-19-46-42(44)45/h5-9,12-15,24-25,30-35,47H,4,10-11,16-23,43H2,1-3H3,(H,48,54)(H,49,53)(H,50,55)(H,51,56)(H,58,59)(H4,44,45,46)/t25-,30-,31-,32-,33-,34-,35-/m0/s1. The van der Waals surface area contributed by atoms with Gasteiger partial charge in [-0.2, -0.15) is 11.8 Å². The highest BCUT2D eigenvalue weighted by Gasteiger charge is 2.40. The number of carbonyl (C=O) groups is 6. The first-order chi connectivity index (χ1) is 28.7. The first kappa shape index (κ1) is 47.1. The summed E-state index contributed by atoms with van der Waals surface area (Å²) in [6, 6.07) is 10.3. The number of aromatic nitrogens is 1. The van der Waals surface area contributed by atoms with E-state index in [2.05, 4.69) is 31.2 Å². The Balaban J connectivity index is 1.58. The number of rotatable bonds is 23. The Hall–Kier alpha value is -5.62. The van der Waals surface area contributed by atoms with Crippen LogP contribution >= 0.6 is 11.8 Å². The van der Waals surface area contributed by atoms with Crippen molar-refractivity contribution in [3.8, 4) is 0 Å². The number of nitrogens with zero attached hydrogens (tertiary/aromatic N) is 2. The average Bonchev–Trinajstić information content (AvgIpc) is 3.90. The van der Waals surface area contributed by atoms with E-state index in [1.807, 2.05) is 74.7 Å². The van der Waals surface area contributed by atoms with Crippen LogP contribution < -0.4 is 38.5 Å². The van der Waals surface area contributed by atoms with E-state index in [-0.39, 0.29) is 57.1 Å². The number of hydrogen-bond donors (Lipinski definition) is 9. The zero-order valence-electron chi connectivity index (χ0n) is 34.5. The van der Waals surface area contributed by atoms with Gasteiger partial charge in [0.25, 0.3) is 0 Å². The van der Waals surface area contributed by atoms with Gasteiger partial charge in [-0.3, -0.25) is 29.0 Å². The summed E-state index contributed by atoms with van der Waals surface area (Å²) in [4.78, 5) is 90.5. The molecule has 60 heavy (non-hydrogen) atoms. The number of aliphatic imine (C=N–C) groups is 1. The van der Waals surface area contributed by atoms with Gasteiger partial charge in [-0.1, -0.05) is 68.8 Å². The highest BCUT2D eigenvalue weighted by Crippen LogP contribution is 2.23. The molecule has 0 radical (unpaired) electrons. The van der Waals surface area contributed by atoms with Gasteiger partial charge in [-0.15, -0.1) is 0 Å². The molecule has 1 saturated heterocycles. The minimum absolute atomic E-state index is 0.0296. The molecule has 1 aliphatic heterocycles. The van der Waals surface area contributed by atoms with Crippen LogP contribution in [0.1, 0.15) is 63.5 Å². The molecular weight excluding hydrogens is 789 g/mol. The van der Waals surface area contributed by atoms with Gasteiger partial charge in [0.05, 0.1) is 6.04 Å². The number of aromatic amines is 1. The third-order valence-corrected chi connectivity index (χ3v) is 11.5. The molecule has 7 atom stereocenters. The monoisotopic (exact) mass is 848 g/mol. The number of carbonyl (C=O) groups excluding carboxylic acids is 5. The van der Waals surface area contributed by atoms with Gasteiger partial charge in [0.1, 0.15) is 30.2 Å². The predicted molar refractivity (Wildman–Crippen MR) is 233 cm³/mol. The highest BCUT2D eigenvalue weighted by molar-refractivity contribution is 7.98. The number of H-pyrrole nitrogens is 1. The normalized spacial score (nSPS) is 16.7. The molecule has 18 heteroatoms. The van der Waals surface area contributed by atoms with Crippen LogP contribution in [0.15, 0.2) is 65.8 Å². The van der Waals surface area contributed by atoms with Gasteiger partial charge >= 0.3 is 5.97 Å². The van der Waals surface area contributed by atoms with Crippen molar-refractivity contribution in [2.24, 2.45) is 28.1 Å². The molecule has 1 aliphatic rings. The summed E-state index contributed by atoms with van der Waals surface area (Å²) >= 11 is 1.44. The molecule has 0 bridgehead atoms. The number of benzene rings is 2. The number of likely N-dealkylation sites (tertiary alicyclic amines) is 1. The largest absolute Gasteiger partial charge is 0.480 e. The molecule has 0 aliphatic carbocycles. The number of amides is 5. The number of aliphatic carboxylic acids is 1. The van der Waals surface area contributed by atoms with Gasteiger partial charge in [0.2, 0.25) is 29.5 Å². The van der Waals surface area contributed by atoms with Crippen molar-refractivity contribution >= 4 is 64.1 Å². The third-order valence-electron chi connectivity index (χ3n) is 10.8. The van der Waals surface area contributed by atoms with E-state index in [1.54, 1.807) is 6.20 Å². The van der Waals surface area contributed by atoms with E-state index in [4.69, 9.17) is 17.2 Å². The molecule has 0 saturated carbocycles.